The van der Waals surface area contributed by atoms with Crippen molar-refractivity contribution in [3.05, 3.63) is 35.4 Å². The van der Waals surface area contributed by atoms with Gasteiger partial charge in [0, 0.05) is 5.92 Å². The number of carboxylic acids is 1. The van der Waals surface area contributed by atoms with E-state index in [-0.39, 0.29) is 18.3 Å². The van der Waals surface area contributed by atoms with Gasteiger partial charge in [-0.3, -0.25) is 0 Å². The Labute approximate surface area is 156 Å². The Hall–Kier alpha value is -1.10. The molecule has 1 saturated carbocycles. The van der Waals surface area contributed by atoms with Crippen LogP contribution in [0.5, 0.6) is 0 Å². The lowest BCUT2D eigenvalue weighted by molar-refractivity contribution is -0.168. The van der Waals surface area contributed by atoms with Gasteiger partial charge < -0.3 is 15.1 Å². The number of hydrogen-bond donors (Lipinski definition) is 2. The van der Waals surface area contributed by atoms with Crippen molar-refractivity contribution in [1.29, 1.82) is 0 Å². The number of halogens is 1. The molecule has 1 heterocycles. The Morgan fingerprint density at radius 2 is 1.68 bits per heavy atom. The van der Waals surface area contributed by atoms with E-state index in [1.807, 2.05) is 24.3 Å². The van der Waals surface area contributed by atoms with Crippen molar-refractivity contribution >= 4 is 18.4 Å². The van der Waals surface area contributed by atoms with Gasteiger partial charge in [-0.05, 0) is 62.9 Å². The van der Waals surface area contributed by atoms with Crippen LogP contribution in [0.25, 0.3) is 0 Å². The maximum Gasteiger partial charge on any atom is 0.340 e. The molecule has 0 amide bonds. The van der Waals surface area contributed by atoms with Crippen LogP contribution >= 0.6 is 12.4 Å². The third kappa shape index (κ3) is 4.02. The third-order valence-corrected chi connectivity index (χ3v) is 6.05. The second-order valence-corrected chi connectivity index (χ2v) is 7.57. The van der Waals surface area contributed by atoms with Crippen molar-refractivity contribution in [2.24, 2.45) is 5.92 Å². The molecule has 2 N–H and O–H groups in total. The van der Waals surface area contributed by atoms with Gasteiger partial charge in [0.05, 0.1) is 0 Å². The molecule has 0 radical (unpaired) electrons. The first-order valence-electron chi connectivity index (χ1n) is 9.27. The number of hydrogen-bond acceptors (Lipinski definition) is 3. The standard InChI is InChI=1S/C20H29NO3.ClH/c1-21-13-11-15(12-14-21)17-9-5-6-10-18(17)20(24,19(22)23)16-7-3-2-4-8-16;/h5-6,9-10,15-16,24H,2-4,7-8,11-14H2,1H3,(H,22,23);1H/t20-;/m0./s1. The number of piperidine rings is 1. The zero-order valence-corrected chi connectivity index (χ0v) is 15.8. The fourth-order valence-electron chi connectivity index (χ4n) is 4.55. The smallest absolute Gasteiger partial charge is 0.340 e. The minimum atomic E-state index is -1.75. The van der Waals surface area contributed by atoms with E-state index in [1.54, 1.807) is 0 Å². The van der Waals surface area contributed by atoms with Crippen molar-refractivity contribution in [2.75, 3.05) is 20.1 Å². The molecule has 140 valence electrons. The molecule has 3 rings (SSSR count). The van der Waals surface area contributed by atoms with Crippen molar-refractivity contribution in [3.8, 4) is 0 Å². The first-order valence-corrected chi connectivity index (χ1v) is 9.27. The maximum atomic E-state index is 12.1. The summed E-state index contributed by atoms with van der Waals surface area (Å²) in [5, 5.41) is 21.3. The fourth-order valence-corrected chi connectivity index (χ4v) is 4.55. The largest absolute Gasteiger partial charge is 0.479 e. The molecule has 1 aliphatic carbocycles. The van der Waals surface area contributed by atoms with Gasteiger partial charge in [0.1, 0.15) is 0 Å². The topological polar surface area (TPSA) is 60.8 Å². The zero-order chi connectivity index (χ0) is 17.2. The SMILES string of the molecule is CN1CCC(c2ccccc2[C@](O)(C(=O)O)C2CCCCC2)CC1.Cl. The van der Waals surface area contributed by atoms with E-state index < -0.39 is 11.6 Å². The van der Waals surface area contributed by atoms with E-state index in [4.69, 9.17) is 0 Å². The van der Waals surface area contributed by atoms with Gasteiger partial charge in [-0.15, -0.1) is 12.4 Å². The number of aliphatic hydroxyl groups is 1. The third-order valence-electron chi connectivity index (χ3n) is 6.05. The van der Waals surface area contributed by atoms with Crippen LogP contribution < -0.4 is 0 Å². The van der Waals surface area contributed by atoms with Crippen LogP contribution in [0.3, 0.4) is 0 Å². The quantitative estimate of drug-likeness (QED) is 0.850. The summed E-state index contributed by atoms with van der Waals surface area (Å²) in [6.45, 7) is 2.04. The highest BCUT2D eigenvalue weighted by molar-refractivity contribution is 5.85. The van der Waals surface area contributed by atoms with Crippen molar-refractivity contribution in [1.82, 2.24) is 4.90 Å². The second-order valence-electron chi connectivity index (χ2n) is 7.57. The van der Waals surface area contributed by atoms with E-state index in [2.05, 4.69) is 11.9 Å². The average molecular weight is 368 g/mol. The van der Waals surface area contributed by atoms with E-state index in [1.165, 1.54) is 0 Å². The summed E-state index contributed by atoms with van der Waals surface area (Å²) in [4.78, 5) is 14.5. The molecule has 1 saturated heterocycles. The number of carbonyl (C=O) groups is 1. The van der Waals surface area contributed by atoms with Crippen LogP contribution in [0.4, 0.5) is 0 Å². The lowest BCUT2D eigenvalue weighted by Crippen LogP contribution is -2.45. The first-order chi connectivity index (χ1) is 11.5. The van der Waals surface area contributed by atoms with Gasteiger partial charge in [0.2, 0.25) is 0 Å². The van der Waals surface area contributed by atoms with Gasteiger partial charge in [-0.1, -0.05) is 43.5 Å². The lowest BCUT2D eigenvalue weighted by Gasteiger charge is -2.38. The summed E-state index contributed by atoms with van der Waals surface area (Å²) in [5.74, 6) is -0.933. The molecule has 0 bridgehead atoms. The van der Waals surface area contributed by atoms with Gasteiger partial charge in [0.25, 0.3) is 0 Å². The molecule has 1 aromatic rings. The zero-order valence-electron chi connectivity index (χ0n) is 15.0. The van der Waals surface area contributed by atoms with Gasteiger partial charge in [0.15, 0.2) is 5.60 Å². The molecule has 0 unspecified atom stereocenters. The minimum Gasteiger partial charge on any atom is -0.479 e. The van der Waals surface area contributed by atoms with Crippen molar-refractivity contribution in [3.63, 3.8) is 0 Å². The Kier molecular flexibility index (Phi) is 6.89. The molecule has 1 aromatic carbocycles. The summed E-state index contributed by atoms with van der Waals surface area (Å²) in [6, 6.07) is 7.71. The molecule has 0 aromatic heterocycles. The predicted molar refractivity (Wildman–Crippen MR) is 101 cm³/mol. The summed E-state index contributed by atoms with van der Waals surface area (Å²) >= 11 is 0. The second kappa shape index (κ2) is 8.52. The number of aliphatic carboxylic acids is 1. The van der Waals surface area contributed by atoms with Crippen LogP contribution in [0.2, 0.25) is 0 Å². The Morgan fingerprint density at radius 1 is 1.08 bits per heavy atom. The van der Waals surface area contributed by atoms with Gasteiger partial charge in [-0.2, -0.15) is 0 Å². The first kappa shape index (κ1) is 20.2. The van der Waals surface area contributed by atoms with Crippen LogP contribution in [0, 0.1) is 5.92 Å². The highest BCUT2D eigenvalue weighted by atomic mass is 35.5. The van der Waals surface area contributed by atoms with Crippen LogP contribution in [0.15, 0.2) is 24.3 Å². The van der Waals surface area contributed by atoms with E-state index in [0.717, 1.165) is 63.6 Å². The Bertz CT molecular complexity index is 580. The van der Waals surface area contributed by atoms with Gasteiger partial charge in [-0.25, -0.2) is 4.79 Å². The number of likely N-dealkylation sites (tertiary alicyclic amines) is 1. The molecule has 25 heavy (non-hydrogen) atoms. The molecule has 1 atom stereocenters. The number of benzene rings is 1. The Balaban J connectivity index is 0.00000225. The summed E-state index contributed by atoms with van der Waals surface area (Å²) in [5.41, 5.74) is -0.0691. The van der Waals surface area contributed by atoms with Crippen LogP contribution in [-0.4, -0.2) is 41.2 Å². The molecule has 1 aliphatic heterocycles. The monoisotopic (exact) mass is 367 g/mol. The maximum absolute atomic E-state index is 12.1. The summed E-state index contributed by atoms with van der Waals surface area (Å²) in [7, 11) is 2.12. The molecule has 4 nitrogen and oxygen atoms in total. The molecular weight excluding hydrogens is 338 g/mol. The molecule has 2 aliphatic rings. The summed E-state index contributed by atoms with van der Waals surface area (Å²) in [6.07, 6.45) is 6.80. The normalized spacial score (nSPS) is 22.8. The predicted octanol–water partition coefficient (Wildman–Crippen LogP) is 3.77. The number of carboxylic acid groups (broad SMARTS) is 1. The van der Waals surface area contributed by atoms with E-state index in [9.17, 15) is 15.0 Å². The van der Waals surface area contributed by atoms with Crippen molar-refractivity contribution < 1.29 is 15.0 Å². The molecule has 2 fully saturated rings. The Morgan fingerprint density at radius 3 is 2.28 bits per heavy atom. The molecule has 5 heteroatoms. The van der Waals surface area contributed by atoms with Crippen LogP contribution in [-0.2, 0) is 10.4 Å². The average Bonchev–Trinajstić information content (AvgIpc) is 2.62. The fraction of sp³-hybridized carbons (Fsp3) is 0.650. The highest BCUT2D eigenvalue weighted by Crippen LogP contribution is 2.43. The lowest BCUT2D eigenvalue weighted by atomic mass is 9.70. The van der Waals surface area contributed by atoms with Gasteiger partial charge >= 0.3 is 5.97 Å². The number of nitrogens with zero attached hydrogens (tertiary/aromatic N) is 1. The minimum absolute atomic E-state index is 0. The van der Waals surface area contributed by atoms with Crippen LogP contribution in [0.1, 0.15) is 62.0 Å². The highest BCUT2D eigenvalue weighted by Gasteiger charge is 2.47. The van der Waals surface area contributed by atoms with Crippen molar-refractivity contribution in [2.45, 2.75) is 56.5 Å². The van der Waals surface area contributed by atoms with E-state index >= 15 is 0 Å². The molecular formula is C20H30ClNO3. The number of rotatable bonds is 4. The molecule has 0 spiro atoms. The van der Waals surface area contributed by atoms with E-state index in [0.29, 0.717) is 11.5 Å². The summed E-state index contributed by atoms with van der Waals surface area (Å²) < 4.78 is 0.